The van der Waals surface area contributed by atoms with Crippen molar-refractivity contribution in [3.63, 3.8) is 0 Å². The first kappa shape index (κ1) is 12.5. The maximum atomic E-state index is 5.38. The van der Waals surface area contributed by atoms with E-state index in [1.54, 1.807) is 7.11 Å². The molecule has 100 valence electrons. The van der Waals surface area contributed by atoms with Crippen molar-refractivity contribution in [3.8, 4) is 28.1 Å². The standard InChI is InChI=1S/C17H15NO2/c1-12-16(13-6-4-3-5-7-13)17(18-20-12)14-8-10-15(19-2)11-9-14/h3-11H,1-2H3. The summed E-state index contributed by atoms with van der Waals surface area (Å²) < 4.78 is 10.6. The minimum atomic E-state index is 0.821. The molecule has 3 nitrogen and oxygen atoms in total. The Labute approximate surface area is 117 Å². The number of benzene rings is 2. The van der Waals surface area contributed by atoms with E-state index in [0.29, 0.717) is 0 Å². The van der Waals surface area contributed by atoms with E-state index in [1.807, 2.05) is 49.4 Å². The van der Waals surface area contributed by atoms with Crippen LogP contribution in [0.2, 0.25) is 0 Å². The predicted octanol–water partition coefficient (Wildman–Crippen LogP) is 4.33. The van der Waals surface area contributed by atoms with Gasteiger partial charge in [-0.25, -0.2) is 0 Å². The molecular formula is C17H15NO2. The van der Waals surface area contributed by atoms with Gasteiger partial charge in [-0.05, 0) is 36.8 Å². The zero-order chi connectivity index (χ0) is 13.9. The molecule has 0 aliphatic heterocycles. The van der Waals surface area contributed by atoms with Crippen LogP contribution in [0, 0.1) is 6.92 Å². The minimum Gasteiger partial charge on any atom is -0.497 e. The number of methoxy groups -OCH3 is 1. The Morgan fingerprint density at radius 3 is 2.25 bits per heavy atom. The smallest absolute Gasteiger partial charge is 0.142 e. The lowest BCUT2D eigenvalue weighted by Crippen LogP contribution is -1.85. The van der Waals surface area contributed by atoms with Crippen LogP contribution in [0.15, 0.2) is 59.1 Å². The topological polar surface area (TPSA) is 35.3 Å². The van der Waals surface area contributed by atoms with E-state index in [9.17, 15) is 0 Å². The van der Waals surface area contributed by atoms with Crippen LogP contribution in [0.4, 0.5) is 0 Å². The van der Waals surface area contributed by atoms with Crippen LogP contribution in [0.5, 0.6) is 5.75 Å². The van der Waals surface area contributed by atoms with Crippen molar-refractivity contribution in [1.29, 1.82) is 0 Å². The Balaban J connectivity index is 2.11. The fraction of sp³-hybridized carbons (Fsp3) is 0.118. The second kappa shape index (κ2) is 5.21. The van der Waals surface area contributed by atoms with Crippen LogP contribution >= 0.6 is 0 Å². The molecule has 0 saturated carbocycles. The molecule has 0 unspecified atom stereocenters. The first-order valence-corrected chi connectivity index (χ1v) is 6.45. The van der Waals surface area contributed by atoms with Crippen molar-refractivity contribution in [1.82, 2.24) is 5.16 Å². The van der Waals surface area contributed by atoms with Gasteiger partial charge in [0.05, 0.1) is 12.7 Å². The molecule has 0 radical (unpaired) electrons. The summed E-state index contributed by atoms with van der Waals surface area (Å²) in [6, 6.07) is 18.0. The van der Waals surface area contributed by atoms with Gasteiger partial charge >= 0.3 is 0 Å². The van der Waals surface area contributed by atoms with Crippen molar-refractivity contribution < 1.29 is 9.26 Å². The summed E-state index contributed by atoms with van der Waals surface area (Å²) in [4.78, 5) is 0. The zero-order valence-electron chi connectivity index (χ0n) is 11.5. The lowest BCUT2D eigenvalue weighted by atomic mass is 9.99. The summed E-state index contributed by atoms with van der Waals surface area (Å²) in [5.41, 5.74) is 4.02. The van der Waals surface area contributed by atoms with Gasteiger partial charge in [-0.1, -0.05) is 35.5 Å². The second-order valence-corrected chi connectivity index (χ2v) is 4.56. The first-order valence-electron chi connectivity index (χ1n) is 6.45. The molecule has 0 aliphatic carbocycles. The van der Waals surface area contributed by atoms with Gasteiger partial charge in [0.25, 0.3) is 0 Å². The third kappa shape index (κ3) is 2.18. The molecule has 0 amide bonds. The van der Waals surface area contributed by atoms with Gasteiger partial charge in [-0.3, -0.25) is 0 Å². The van der Waals surface area contributed by atoms with E-state index in [-0.39, 0.29) is 0 Å². The average Bonchev–Trinajstić information content (AvgIpc) is 2.90. The molecule has 0 atom stereocenters. The number of ether oxygens (including phenoxy) is 1. The predicted molar refractivity (Wildman–Crippen MR) is 78.7 cm³/mol. The summed E-state index contributed by atoms with van der Waals surface area (Å²) >= 11 is 0. The molecule has 0 saturated heterocycles. The molecule has 0 N–H and O–H groups in total. The summed E-state index contributed by atoms with van der Waals surface area (Å²) in [6.45, 7) is 1.93. The van der Waals surface area contributed by atoms with Crippen LogP contribution in [-0.2, 0) is 0 Å². The van der Waals surface area contributed by atoms with E-state index < -0.39 is 0 Å². The van der Waals surface area contributed by atoms with Crippen LogP contribution < -0.4 is 4.74 Å². The lowest BCUT2D eigenvalue weighted by Gasteiger charge is -2.04. The molecule has 0 spiro atoms. The monoisotopic (exact) mass is 265 g/mol. The Morgan fingerprint density at radius 1 is 0.900 bits per heavy atom. The SMILES string of the molecule is COc1ccc(-c2noc(C)c2-c2ccccc2)cc1. The van der Waals surface area contributed by atoms with E-state index in [4.69, 9.17) is 9.26 Å². The molecule has 1 heterocycles. The van der Waals surface area contributed by atoms with Crippen LogP contribution in [-0.4, -0.2) is 12.3 Å². The molecular weight excluding hydrogens is 250 g/mol. The molecule has 1 aromatic heterocycles. The van der Waals surface area contributed by atoms with Gasteiger partial charge in [0.15, 0.2) is 0 Å². The molecule has 2 aromatic carbocycles. The van der Waals surface area contributed by atoms with Gasteiger partial charge in [-0.15, -0.1) is 0 Å². The Morgan fingerprint density at radius 2 is 1.60 bits per heavy atom. The number of hydrogen-bond acceptors (Lipinski definition) is 3. The molecule has 0 fully saturated rings. The molecule has 0 aliphatic rings. The number of rotatable bonds is 3. The fourth-order valence-electron chi connectivity index (χ4n) is 2.26. The van der Waals surface area contributed by atoms with Crippen LogP contribution in [0.25, 0.3) is 22.4 Å². The van der Waals surface area contributed by atoms with E-state index in [2.05, 4.69) is 17.3 Å². The quantitative estimate of drug-likeness (QED) is 0.707. The molecule has 3 heteroatoms. The van der Waals surface area contributed by atoms with Crippen molar-refractivity contribution in [3.05, 3.63) is 60.4 Å². The van der Waals surface area contributed by atoms with Crippen molar-refractivity contribution in [2.45, 2.75) is 6.92 Å². The highest BCUT2D eigenvalue weighted by Gasteiger charge is 2.16. The van der Waals surface area contributed by atoms with Gasteiger partial charge in [-0.2, -0.15) is 0 Å². The number of nitrogens with zero attached hydrogens (tertiary/aromatic N) is 1. The number of aryl methyl sites for hydroxylation is 1. The Hall–Kier alpha value is -2.55. The number of aromatic nitrogens is 1. The molecule has 3 aromatic rings. The normalized spacial score (nSPS) is 10.5. The van der Waals surface area contributed by atoms with Crippen LogP contribution in [0.3, 0.4) is 0 Å². The summed E-state index contributed by atoms with van der Waals surface area (Å²) in [5.74, 6) is 1.65. The van der Waals surface area contributed by atoms with E-state index in [0.717, 1.165) is 33.9 Å². The lowest BCUT2D eigenvalue weighted by molar-refractivity contribution is 0.400. The largest absolute Gasteiger partial charge is 0.497 e. The molecule has 0 bridgehead atoms. The summed E-state index contributed by atoms with van der Waals surface area (Å²) in [5, 5.41) is 4.20. The third-order valence-electron chi connectivity index (χ3n) is 3.29. The average molecular weight is 265 g/mol. The van der Waals surface area contributed by atoms with Gasteiger partial charge < -0.3 is 9.26 Å². The summed E-state index contributed by atoms with van der Waals surface area (Å²) in [6.07, 6.45) is 0. The highest BCUT2D eigenvalue weighted by Crippen LogP contribution is 2.34. The highest BCUT2D eigenvalue weighted by atomic mass is 16.5. The first-order chi connectivity index (χ1) is 9.79. The van der Waals surface area contributed by atoms with Gasteiger partial charge in [0.1, 0.15) is 17.2 Å². The molecule has 3 rings (SSSR count). The van der Waals surface area contributed by atoms with Gasteiger partial charge in [0.2, 0.25) is 0 Å². The van der Waals surface area contributed by atoms with Crippen molar-refractivity contribution >= 4 is 0 Å². The van der Waals surface area contributed by atoms with Crippen molar-refractivity contribution in [2.24, 2.45) is 0 Å². The maximum Gasteiger partial charge on any atom is 0.142 e. The Kier molecular flexibility index (Phi) is 3.25. The second-order valence-electron chi connectivity index (χ2n) is 4.56. The Bertz CT molecular complexity index is 700. The number of hydrogen-bond donors (Lipinski definition) is 0. The van der Waals surface area contributed by atoms with Gasteiger partial charge in [0, 0.05) is 5.56 Å². The highest BCUT2D eigenvalue weighted by molar-refractivity contribution is 5.81. The van der Waals surface area contributed by atoms with E-state index >= 15 is 0 Å². The van der Waals surface area contributed by atoms with E-state index in [1.165, 1.54) is 0 Å². The fourth-order valence-corrected chi connectivity index (χ4v) is 2.26. The molecule has 20 heavy (non-hydrogen) atoms. The maximum absolute atomic E-state index is 5.38. The summed E-state index contributed by atoms with van der Waals surface area (Å²) in [7, 11) is 1.66. The van der Waals surface area contributed by atoms with Crippen LogP contribution in [0.1, 0.15) is 5.76 Å². The third-order valence-corrected chi connectivity index (χ3v) is 3.29. The zero-order valence-corrected chi connectivity index (χ0v) is 11.5. The van der Waals surface area contributed by atoms with Crippen molar-refractivity contribution in [2.75, 3.05) is 7.11 Å². The minimum absolute atomic E-state index is 0.821.